The smallest absolute Gasteiger partial charge is 0.278 e. The molecule has 0 aliphatic heterocycles. The molecule has 0 saturated carbocycles. The second kappa shape index (κ2) is 5.24. The highest BCUT2D eigenvalue weighted by molar-refractivity contribution is 7.09. The van der Waals surface area contributed by atoms with Gasteiger partial charge in [-0.15, -0.1) is 0 Å². The number of hydrogen-bond acceptors (Lipinski definition) is 7. The van der Waals surface area contributed by atoms with Gasteiger partial charge in [-0.05, 0) is 30.5 Å². The van der Waals surface area contributed by atoms with E-state index < -0.39 is 5.24 Å². The first-order valence-corrected chi connectivity index (χ1v) is 6.02. The first-order chi connectivity index (χ1) is 8.16. The predicted molar refractivity (Wildman–Crippen MR) is 65.0 cm³/mol. The third-order valence-corrected chi connectivity index (χ3v) is 2.81. The minimum Gasteiger partial charge on any atom is -0.387 e. The van der Waals surface area contributed by atoms with Crippen molar-refractivity contribution in [1.29, 1.82) is 0 Å². The van der Waals surface area contributed by atoms with Gasteiger partial charge in [-0.3, -0.25) is 4.79 Å². The predicted octanol–water partition coefficient (Wildman–Crippen LogP) is 1.32. The zero-order valence-corrected chi connectivity index (χ0v) is 10.2. The maximum Gasteiger partial charge on any atom is 0.278 e. The zero-order chi connectivity index (χ0) is 12.3. The van der Waals surface area contributed by atoms with E-state index in [0.717, 1.165) is 24.4 Å². The Bertz CT molecular complexity index is 485. The molecule has 2 rings (SSSR count). The van der Waals surface area contributed by atoms with Gasteiger partial charge in [0.05, 0.1) is 0 Å². The van der Waals surface area contributed by atoms with E-state index in [4.69, 9.17) is 22.2 Å². The number of nitrogens with two attached hydrogens (primary N) is 1. The highest BCUT2D eigenvalue weighted by atomic mass is 35.5. The summed E-state index contributed by atoms with van der Waals surface area (Å²) in [5.41, 5.74) is 5.29. The summed E-state index contributed by atoms with van der Waals surface area (Å²) in [5, 5.41) is 3.17. The van der Waals surface area contributed by atoms with Crippen LogP contribution in [0.2, 0.25) is 0 Å². The fourth-order valence-electron chi connectivity index (χ4n) is 1.31. The largest absolute Gasteiger partial charge is 0.387 e. The Morgan fingerprint density at radius 2 is 2.53 bits per heavy atom. The van der Waals surface area contributed by atoms with Crippen LogP contribution < -0.4 is 5.73 Å². The van der Waals surface area contributed by atoms with Gasteiger partial charge in [0.1, 0.15) is 6.10 Å². The van der Waals surface area contributed by atoms with Gasteiger partial charge >= 0.3 is 0 Å². The number of halogens is 1. The topological polar surface area (TPSA) is 90.5 Å². The Balaban J connectivity index is 2.14. The Morgan fingerprint density at radius 3 is 3.06 bits per heavy atom. The van der Waals surface area contributed by atoms with Gasteiger partial charge in [0, 0.05) is 11.5 Å². The van der Waals surface area contributed by atoms with Crippen LogP contribution >= 0.6 is 23.1 Å². The van der Waals surface area contributed by atoms with Crippen molar-refractivity contribution in [3.05, 3.63) is 18.0 Å². The minimum atomic E-state index is -0.773. The Kier molecular flexibility index (Phi) is 3.70. The van der Waals surface area contributed by atoms with Crippen molar-refractivity contribution in [2.75, 3.05) is 5.73 Å². The SMILES string of the molecule is Nc1nc(C(=NOC2C=CCC2)C(=O)Cl)ns1. The molecular formula is C9H9ClN4O2S. The molecule has 90 valence electrons. The Labute approximate surface area is 106 Å². The summed E-state index contributed by atoms with van der Waals surface area (Å²) in [6, 6.07) is 0. The molecule has 0 saturated heterocycles. The lowest BCUT2D eigenvalue weighted by Crippen LogP contribution is -2.14. The van der Waals surface area contributed by atoms with Crippen molar-refractivity contribution in [2.24, 2.45) is 5.16 Å². The minimum absolute atomic E-state index is 0.0921. The molecule has 1 aliphatic carbocycles. The second-order valence-electron chi connectivity index (χ2n) is 3.32. The van der Waals surface area contributed by atoms with Crippen LogP contribution in [0.15, 0.2) is 17.3 Å². The maximum atomic E-state index is 11.2. The first kappa shape index (κ1) is 12.0. The number of allylic oxidation sites excluding steroid dienone is 1. The third-order valence-electron chi connectivity index (χ3n) is 2.09. The number of rotatable bonds is 4. The van der Waals surface area contributed by atoms with Gasteiger partial charge in [0.2, 0.25) is 11.5 Å². The molecule has 1 aromatic heterocycles. The highest BCUT2D eigenvalue weighted by Gasteiger charge is 2.19. The van der Waals surface area contributed by atoms with Crippen molar-refractivity contribution in [3.8, 4) is 0 Å². The van der Waals surface area contributed by atoms with Gasteiger partial charge in [0.25, 0.3) is 5.24 Å². The van der Waals surface area contributed by atoms with Crippen LogP contribution in [0.1, 0.15) is 18.7 Å². The average molecular weight is 273 g/mol. The Morgan fingerprint density at radius 1 is 1.71 bits per heavy atom. The van der Waals surface area contributed by atoms with E-state index in [1.165, 1.54) is 0 Å². The fraction of sp³-hybridized carbons (Fsp3) is 0.333. The van der Waals surface area contributed by atoms with Crippen LogP contribution in [0.5, 0.6) is 0 Å². The van der Waals surface area contributed by atoms with E-state index in [-0.39, 0.29) is 22.8 Å². The van der Waals surface area contributed by atoms with Crippen LogP contribution in [-0.4, -0.2) is 26.4 Å². The summed E-state index contributed by atoms with van der Waals surface area (Å²) in [7, 11) is 0. The van der Waals surface area contributed by atoms with Crippen LogP contribution in [-0.2, 0) is 9.63 Å². The molecule has 0 radical (unpaired) electrons. The van der Waals surface area contributed by atoms with Crippen molar-refractivity contribution in [1.82, 2.24) is 9.36 Å². The lowest BCUT2D eigenvalue weighted by Gasteiger charge is -2.05. The van der Waals surface area contributed by atoms with Crippen LogP contribution in [0.3, 0.4) is 0 Å². The van der Waals surface area contributed by atoms with E-state index >= 15 is 0 Å². The van der Waals surface area contributed by atoms with E-state index in [1.54, 1.807) is 0 Å². The molecule has 1 unspecified atom stereocenters. The van der Waals surface area contributed by atoms with E-state index in [9.17, 15) is 4.79 Å². The van der Waals surface area contributed by atoms with E-state index in [1.807, 2.05) is 12.2 Å². The monoisotopic (exact) mass is 272 g/mol. The van der Waals surface area contributed by atoms with Crippen molar-refractivity contribution in [2.45, 2.75) is 18.9 Å². The van der Waals surface area contributed by atoms with Crippen LogP contribution in [0.4, 0.5) is 5.13 Å². The lowest BCUT2D eigenvalue weighted by atomic mass is 10.3. The standard InChI is InChI=1S/C9H9ClN4O2S/c10-7(15)6(8-12-9(11)17-14-8)13-16-5-3-1-2-4-5/h1,3,5H,2,4H2,(H2,11,12,14). The molecule has 8 heteroatoms. The number of carbonyl (C=O) groups is 1. The number of carbonyl (C=O) groups excluding carboxylic acids is 1. The molecular weight excluding hydrogens is 264 g/mol. The lowest BCUT2D eigenvalue weighted by molar-refractivity contribution is -0.106. The number of oxime groups is 1. The highest BCUT2D eigenvalue weighted by Crippen LogP contribution is 2.14. The molecule has 0 aromatic carbocycles. The summed E-state index contributed by atoms with van der Waals surface area (Å²) < 4.78 is 3.85. The molecule has 1 aromatic rings. The van der Waals surface area contributed by atoms with Crippen molar-refractivity contribution in [3.63, 3.8) is 0 Å². The van der Waals surface area contributed by atoms with Crippen LogP contribution in [0, 0.1) is 0 Å². The summed E-state index contributed by atoms with van der Waals surface area (Å²) in [4.78, 5) is 20.2. The van der Waals surface area contributed by atoms with E-state index in [0.29, 0.717) is 0 Å². The third kappa shape index (κ3) is 3.01. The molecule has 2 N–H and O–H groups in total. The van der Waals surface area contributed by atoms with Crippen molar-refractivity contribution < 1.29 is 9.63 Å². The number of aromatic nitrogens is 2. The number of nitrogen functional groups attached to an aromatic ring is 1. The number of nitrogens with zero attached hydrogens (tertiary/aromatic N) is 3. The first-order valence-electron chi connectivity index (χ1n) is 4.86. The summed E-state index contributed by atoms with van der Waals surface area (Å²) in [6.45, 7) is 0. The molecule has 1 heterocycles. The molecule has 0 spiro atoms. The van der Waals surface area contributed by atoms with Gasteiger partial charge in [-0.1, -0.05) is 11.2 Å². The van der Waals surface area contributed by atoms with Gasteiger partial charge in [0.15, 0.2) is 5.13 Å². The quantitative estimate of drug-likeness (QED) is 0.386. The molecule has 17 heavy (non-hydrogen) atoms. The molecule has 6 nitrogen and oxygen atoms in total. The zero-order valence-electron chi connectivity index (χ0n) is 8.67. The number of anilines is 1. The summed E-state index contributed by atoms with van der Waals surface area (Å²) in [6.07, 6.45) is 5.51. The van der Waals surface area contributed by atoms with Gasteiger partial charge in [-0.25, -0.2) is 0 Å². The number of hydrogen-bond donors (Lipinski definition) is 1. The molecule has 0 fully saturated rings. The van der Waals surface area contributed by atoms with Gasteiger partial charge < -0.3 is 10.6 Å². The van der Waals surface area contributed by atoms with Gasteiger partial charge in [-0.2, -0.15) is 9.36 Å². The molecule has 0 bridgehead atoms. The van der Waals surface area contributed by atoms with E-state index in [2.05, 4.69) is 14.5 Å². The molecule has 1 aliphatic rings. The summed E-state index contributed by atoms with van der Waals surface area (Å²) in [5.74, 6) is 0.0921. The Hall–Kier alpha value is -1.47. The molecule has 0 amide bonds. The normalized spacial score (nSPS) is 19.6. The van der Waals surface area contributed by atoms with Crippen molar-refractivity contribution >= 4 is 39.2 Å². The molecule has 1 atom stereocenters. The average Bonchev–Trinajstić information content (AvgIpc) is 2.90. The fourth-order valence-corrected chi connectivity index (χ4v) is 1.86. The second-order valence-corrected chi connectivity index (χ2v) is 4.45. The van der Waals surface area contributed by atoms with Crippen LogP contribution in [0.25, 0.3) is 0 Å². The summed E-state index contributed by atoms with van der Waals surface area (Å²) >= 11 is 6.35. The maximum absolute atomic E-state index is 11.2.